The molecule has 3 rings (SSSR count). The number of carbonyl (C=O) groups is 1. The number of phenolic OH excluding ortho intramolecular Hbond substituents is 4. The van der Waals surface area contributed by atoms with Crippen LogP contribution in [0, 0.1) is 0 Å². The number of aromatic hydroxyl groups is 4. The molecule has 0 aromatic heterocycles. The molecule has 0 aliphatic rings. The molecule has 12 heteroatoms. The van der Waals surface area contributed by atoms with E-state index in [9.17, 15) is 40.5 Å². The van der Waals surface area contributed by atoms with Gasteiger partial charge in [0.15, 0.2) is 11.5 Å². The van der Waals surface area contributed by atoms with E-state index in [1.165, 1.54) is 12.1 Å². The van der Waals surface area contributed by atoms with Gasteiger partial charge in [-0.1, -0.05) is 35.9 Å². The normalized spacial score (nSPS) is 12.3. The van der Waals surface area contributed by atoms with Crippen LogP contribution in [0.15, 0.2) is 48.5 Å². The number of hydrogen-bond donors (Lipinski definition) is 10. The Balaban J connectivity index is 1.67. The van der Waals surface area contributed by atoms with Gasteiger partial charge in [-0.05, 0) is 35.4 Å². The summed E-state index contributed by atoms with van der Waals surface area (Å²) >= 11 is 5.65. The lowest BCUT2D eigenvalue weighted by atomic mass is 10.0. The lowest BCUT2D eigenvalue weighted by Crippen LogP contribution is -2.51. The van der Waals surface area contributed by atoms with E-state index in [1.54, 1.807) is 36.4 Å². The van der Waals surface area contributed by atoms with Gasteiger partial charge in [0.1, 0.15) is 10.8 Å². The summed E-state index contributed by atoms with van der Waals surface area (Å²) in [6.45, 7) is -1.09. The monoisotopic (exact) mass is 506 g/mol. The first kappa shape index (κ1) is 25.9. The first-order valence-electron chi connectivity index (χ1n) is 10.1. The van der Waals surface area contributed by atoms with E-state index in [0.717, 1.165) is 0 Å². The highest BCUT2D eigenvalue weighted by Gasteiger charge is 2.29. The van der Waals surface area contributed by atoms with Gasteiger partial charge in [0.05, 0.1) is 23.8 Å². The molecule has 0 aliphatic heterocycles. The molecule has 1 atom stereocenters. The number of nitrogens with one attached hydrogen (secondary N) is 2. The van der Waals surface area contributed by atoms with Crippen molar-refractivity contribution in [3.8, 4) is 34.1 Å². The van der Waals surface area contributed by atoms with Gasteiger partial charge in [0, 0.05) is 12.2 Å². The van der Waals surface area contributed by atoms with E-state index in [-0.39, 0.29) is 5.56 Å². The lowest BCUT2D eigenvalue weighted by molar-refractivity contribution is -0.176. The van der Waals surface area contributed by atoms with Gasteiger partial charge in [-0.15, -0.1) is 0 Å². The third-order valence-electron chi connectivity index (χ3n) is 5.13. The molecule has 0 amide bonds. The fourth-order valence-electron chi connectivity index (χ4n) is 3.29. The number of hydrogen-bond acceptors (Lipinski definition) is 10. The summed E-state index contributed by atoms with van der Waals surface area (Å²) in [5.74, 6) is -7.60. The summed E-state index contributed by atoms with van der Waals surface area (Å²) in [6, 6.07) is 13.1. The predicted octanol–water partition coefficient (Wildman–Crippen LogP) is 1.90. The van der Waals surface area contributed by atoms with Gasteiger partial charge >= 0.3 is 5.97 Å². The third-order valence-corrected chi connectivity index (χ3v) is 5.49. The molecule has 3 aromatic carbocycles. The highest BCUT2D eigenvalue weighted by molar-refractivity contribution is 6.34. The quantitative estimate of drug-likeness (QED) is 0.115. The average Bonchev–Trinajstić information content (AvgIpc) is 2.84. The second kappa shape index (κ2) is 10.3. The Morgan fingerprint density at radius 3 is 2.20 bits per heavy atom. The smallest absolute Gasteiger partial charge is 0.335 e. The van der Waals surface area contributed by atoms with Crippen molar-refractivity contribution in [1.82, 2.24) is 5.32 Å². The molecule has 0 heterocycles. The Hall–Kier alpha value is -3.74. The van der Waals surface area contributed by atoms with Gasteiger partial charge < -0.3 is 46.2 Å². The molecule has 11 nitrogen and oxygen atoms in total. The summed E-state index contributed by atoms with van der Waals surface area (Å²) < 4.78 is 0. The standard InChI is InChI=1S/C23H23ClN2O9/c24-17-18(28)16(19(29)21(31)20(17)30)15(27)9-26-23(34,35)10-25-14-6-2-4-12(8-14)11-3-1-5-13(7-11)22(32)33/h1-8,15,25-31,34-35H,9-10H2,(H,32,33). The molecule has 1 unspecified atom stereocenters. The molecule has 0 aliphatic carbocycles. The summed E-state index contributed by atoms with van der Waals surface area (Å²) in [4.78, 5) is 11.2. The Morgan fingerprint density at radius 1 is 0.914 bits per heavy atom. The highest BCUT2D eigenvalue weighted by Crippen LogP contribution is 2.51. The molecule has 35 heavy (non-hydrogen) atoms. The van der Waals surface area contributed by atoms with Crippen LogP contribution in [0.3, 0.4) is 0 Å². The van der Waals surface area contributed by atoms with E-state index in [1.807, 2.05) is 0 Å². The average molecular weight is 507 g/mol. The van der Waals surface area contributed by atoms with Crippen molar-refractivity contribution in [3.63, 3.8) is 0 Å². The van der Waals surface area contributed by atoms with E-state index < -0.39 is 64.7 Å². The predicted molar refractivity (Wildman–Crippen MR) is 126 cm³/mol. The second-order valence-electron chi connectivity index (χ2n) is 7.66. The number of aliphatic hydroxyl groups excluding tert-OH is 1. The number of carboxylic acids is 1. The molecule has 3 aromatic rings. The van der Waals surface area contributed by atoms with E-state index >= 15 is 0 Å². The number of aliphatic hydroxyl groups is 3. The fraction of sp³-hybridized carbons (Fsp3) is 0.174. The van der Waals surface area contributed by atoms with Gasteiger partial charge in [0.2, 0.25) is 11.7 Å². The number of benzene rings is 3. The Kier molecular flexibility index (Phi) is 7.58. The number of carboxylic acid groups (broad SMARTS) is 1. The van der Waals surface area contributed by atoms with Crippen molar-refractivity contribution in [2.75, 3.05) is 18.4 Å². The molecule has 0 saturated carbocycles. The molecule has 0 saturated heterocycles. The van der Waals surface area contributed by atoms with Crippen molar-refractivity contribution in [3.05, 3.63) is 64.7 Å². The SMILES string of the molecule is O=C(O)c1cccc(-c2cccc(NCC(O)(O)NCC(O)c3c(O)c(O)c(O)c(Cl)c3O)c2)c1. The van der Waals surface area contributed by atoms with Crippen molar-refractivity contribution in [2.24, 2.45) is 0 Å². The zero-order valence-corrected chi connectivity index (χ0v) is 18.7. The van der Waals surface area contributed by atoms with Crippen LogP contribution < -0.4 is 10.6 Å². The van der Waals surface area contributed by atoms with Crippen LogP contribution in [0.1, 0.15) is 22.0 Å². The van der Waals surface area contributed by atoms with Crippen LogP contribution in [0.2, 0.25) is 5.02 Å². The topological polar surface area (TPSA) is 203 Å². The van der Waals surface area contributed by atoms with Crippen LogP contribution in [-0.2, 0) is 0 Å². The minimum absolute atomic E-state index is 0.119. The highest BCUT2D eigenvalue weighted by atomic mass is 35.5. The lowest BCUT2D eigenvalue weighted by Gasteiger charge is -2.26. The van der Waals surface area contributed by atoms with E-state index in [2.05, 4.69) is 10.6 Å². The van der Waals surface area contributed by atoms with Crippen LogP contribution in [0.4, 0.5) is 5.69 Å². The summed E-state index contributed by atoms with van der Waals surface area (Å²) in [5, 5.41) is 83.3. The zero-order valence-electron chi connectivity index (χ0n) is 18.0. The Bertz CT molecular complexity index is 1220. The molecule has 186 valence electrons. The van der Waals surface area contributed by atoms with Crippen molar-refractivity contribution >= 4 is 23.3 Å². The van der Waals surface area contributed by atoms with Crippen LogP contribution in [0.25, 0.3) is 11.1 Å². The van der Waals surface area contributed by atoms with E-state index in [4.69, 9.17) is 16.7 Å². The number of anilines is 1. The number of rotatable bonds is 9. The first-order chi connectivity index (χ1) is 16.4. The summed E-state index contributed by atoms with van der Waals surface area (Å²) in [5.41, 5.74) is 1.29. The number of phenols is 4. The van der Waals surface area contributed by atoms with Gasteiger partial charge in [-0.2, -0.15) is 0 Å². The van der Waals surface area contributed by atoms with E-state index in [0.29, 0.717) is 16.8 Å². The first-order valence-corrected chi connectivity index (χ1v) is 10.5. The van der Waals surface area contributed by atoms with Crippen molar-refractivity contribution < 1.29 is 45.6 Å². The maximum absolute atomic E-state index is 11.2. The molecule has 0 spiro atoms. The molecular formula is C23H23ClN2O9. The molecule has 0 fully saturated rings. The Labute approximate surface area is 203 Å². The zero-order chi connectivity index (χ0) is 25.9. The maximum Gasteiger partial charge on any atom is 0.335 e. The van der Waals surface area contributed by atoms with Crippen molar-refractivity contribution in [2.45, 2.75) is 12.0 Å². The van der Waals surface area contributed by atoms with Crippen molar-refractivity contribution in [1.29, 1.82) is 0 Å². The maximum atomic E-state index is 11.2. The minimum Gasteiger partial charge on any atom is -0.506 e. The van der Waals surface area contributed by atoms with Gasteiger partial charge in [-0.3, -0.25) is 5.32 Å². The summed E-state index contributed by atoms with van der Waals surface area (Å²) in [6.07, 6.45) is -1.76. The second-order valence-corrected chi connectivity index (χ2v) is 8.03. The van der Waals surface area contributed by atoms with Gasteiger partial charge in [0.25, 0.3) is 0 Å². The van der Waals surface area contributed by atoms with Crippen LogP contribution in [-0.4, -0.2) is 65.8 Å². The molecular weight excluding hydrogens is 484 g/mol. The number of halogens is 1. The fourth-order valence-corrected chi connectivity index (χ4v) is 3.48. The molecule has 0 radical (unpaired) electrons. The molecule has 0 bridgehead atoms. The summed E-state index contributed by atoms with van der Waals surface area (Å²) in [7, 11) is 0. The van der Waals surface area contributed by atoms with Crippen LogP contribution in [0.5, 0.6) is 23.0 Å². The van der Waals surface area contributed by atoms with Crippen LogP contribution >= 0.6 is 11.6 Å². The molecule has 10 N–H and O–H groups in total. The van der Waals surface area contributed by atoms with Gasteiger partial charge in [-0.25, -0.2) is 4.79 Å². The number of aromatic carboxylic acids is 1. The Morgan fingerprint density at radius 2 is 1.54 bits per heavy atom. The third kappa shape index (κ3) is 5.85. The minimum atomic E-state index is -2.58. The largest absolute Gasteiger partial charge is 0.506 e.